The van der Waals surface area contributed by atoms with Gasteiger partial charge >= 0.3 is 0 Å². The number of nitrogens with zero attached hydrogens (tertiary/aromatic N) is 6. The topological polar surface area (TPSA) is 61.4 Å². The van der Waals surface area contributed by atoms with Crippen molar-refractivity contribution in [2.75, 3.05) is 0 Å². The number of hydrogen-bond acceptors (Lipinski definition) is 4. The van der Waals surface area contributed by atoms with Crippen LogP contribution in [0.1, 0.15) is 88.0 Å². The Morgan fingerprint density at radius 2 is 1.08 bits per heavy atom. The molecule has 0 unspecified atom stereocenters. The molecule has 0 aromatic carbocycles. The summed E-state index contributed by atoms with van der Waals surface area (Å²) in [7, 11) is 0. The molecule has 0 spiro atoms. The minimum atomic E-state index is -0.371. The molecule has 2 aliphatic rings. The van der Waals surface area contributed by atoms with E-state index < -0.39 is 0 Å². The molecule has 0 radical (unpaired) electrons. The van der Waals surface area contributed by atoms with Crippen molar-refractivity contribution in [2.45, 2.75) is 83.5 Å². The molecule has 0 N–H and O–H groups in total. The Morgan fingerprint density at radius 1 is 0.649 bits per heavy atom. The summed E-state index contributed by atoms with van der Waals surface area (Å²) in [6.45, 7) is 4.41. The van der Waals surface area contributed by atoms with Gasteiger partial charge in [0.05, 0.1) is 11.4 Å². The number of pyridine rings is 2. The van der Waals surface area contributed by atoms with E-state index >= 15 is 0 Å². The monoisotopic (exact) mass is 494 g/mol. The van der Waals surface area contributed by atoms with Gasteiger partial charge in [-0.15, -0.1) is 0 Å². The average Bonchev–Trinajstić information content (AvgIpc) is 3.73. The Kier molecular flexibility index (Phi) is 6.66. The zero-order valence-electron chi connectivity index (χ0n) is 22.2. The van der Waals surface area contributed by atoms with Crippen molar-refractivity contribution in [2.24, 2.45) is 11.8 Å². The van der Waals surface area contributed by atoms with Crippen molar-refractivity contribution in [3.63, 3.8) is 0 Å². The van der Waals surface area contributed by atoms with Crippen molar-refractivity contribution >= 4 is 0 Å². The first-order valence-electron chi connectivity index (χ1n) is 14.1. The lowest BCUT2D eigenvalue weighted by Crippen LogP contribution is -2.24. The smallest absolute Gasteiger partial charge is 0.153 e. The minimum Gasteiger partial charge on any atom is -0.233 e. The lowest BCUT2D eigenvalue weighted by Gasteiger charge is -2.25. The van der Waals surface area contributed by atoms with Crippen LogP contribution >= 0.6 is 0 Å². The number of hydrogen-bond donors (Lipinski definition) is 0. The van der Waals surface area contributed by atoms with Crippen molar-refractivity contribution in [1.82, 2.24) is 29.5 Å². The molecular formula is C31H38N6. The van der Waals surface area contributed by atoms with Crippen molar-refractivity contribution in [3.8, 4) is 11.6 Å². The highest BCUT2D eigenvalue weighted by Crippen LogP contribution is 2.32. The predicted molar refractivity (Wildman–Crippen MR) is 146 cm³/mol. The second-order valence-electron chi connectivity index (χ2n) is 11.6. The SMILES string of the molecule is CC(C)(c1cccc(-n2nccc2CC2CCCC2)n1)c1cccc(-n2nccc2CC2CCCC2)n1. The lowest BCUT2D eigenvalue weighted by atomic mass is 9.84. The molecule has 0 aliphatic heterocycles. The molecule has 2 aliphatic carbocycles. The van der Waals surface area contributed by atoms with E-state index in [0.717, 1.165) is 47.7 Å². The largest absolute Gasteiger partial charge is 0.233 e. The van der Waals surface area contributed by atoms with E-state index in [1.165, 1.54) is 62.8 Å². The van der Waals surface area contributed by atoms with Gasteiger partial charge in [-0.05, 0) is 74.9 Å². The molecule has 4 aromatic heterocycles. The fourth-order valence-electron chi connectivity index (χ4n) is 6.31. The summed E-state index contributed by atoms with van der Waals surface area (Å²) >= 11 is 0. The highest BCUT2D eigenvalue weighted by Gasteiger charge is 2.28. The second kappa shape index (κ2) is 10.2. The van der Waals surface area contributed by atoms with Crippen LogP contribution in [-0.2, 0) is 18.3 Å². The molecule has 2 fully saturated rings. The first kappa shape index (κ1) is 24.1. The summed E-state index contributed by atoms with van der Waals surface area (Å²) < 4.78 is 4.06. The van der Waals surface area contributed by atoms with Crippen LogP contribution in [-0.4, -0.2) is 29.5 Å². The molecule has 4 heterocycles. The molecule has 6 heteroatoms. The van der Waals surface area contributed by atoms with Gasteiger partial charge in [-0.1, -0.05) is 63.5 Å². The van der Waals surface area contributed by atoms with Gasteiger partial charge in [-0.3, -0.25) is 0 Å². The van der Waals surface area contributed by atoms with Crippen LogP contribution in [0.2, 0.25) is 0 Å². The van der Waals surface area contributed by atoms with Gasteiger partial charge in [-0.2, -0.15) is 10.2 Å². The molecule has 37 heavy (non-hydrogen) atoms. The summed E-state index contributed by atoms with van der Waals surface area (Å²) in [6.07, 6.45) is 16.7. The molecule has 6 rings (SSSR count). The molecular weight excluding hydrogens is 456 g/mol. The average molecular weight is 495 g/mol. The summed E-state index contributed by atoms with van der Waals surface area (Å²) in [5.41, 5.74) is 4.11. The van der Waals surface area contributed by atoms with Crippen molar-refractivity contribution in [3.05, 3.63) is 83.7 Å². The van der Waals surface area contributed by atoms with E-state index in [0.29, 0.717) is 0 Å². The van der Waals surface area contributed by atoms with Crippen LogP contribution in [0.25, 0.3) is 11.6 Å². The normalized spacial score (nSPS) is 17.1. The molecule has 6 nitrogen and oxygen atoms in total. The highest BCUT2D eigenvalue weighted by atomic mass is 15.3. The van der Waals surface area contributed by atoms with E-state index in [-0.39, 0.29) is 5.41 Å². The van der Waals surface area contributed by atoms with Crippen LogP contribution in [0.15, 0.2) is 60.9 Å². The Balaban J connectivity index is 1.27. The fraction of sp³-hybridized carbons (Fsp3) is 0.484. The summed E-state index contributed by atoms with van der Waals surface area (Å²) in [4.78, 5) is 10.2. The predicted octanol–water partition coefficient (Wildman–Crippen LogP) is 6.64. The maximum Gasteiger partial charge on any atom is 0.153 e. The second-order valence-corrected chi connectivity index (χ2v) is 11.6. The molecule has 192 valence electrons. The van der Waals surface area contributed by atoms with Crippen LogP contribution in [0, 0.1) is 11.8 Å². The third kappa shape index (κ3) is 4.98. The fourth-order valence-corrected chi connectivity index (χ4v) is 6.31. The van der Waals surface area contributed by atoms with Crippen molar-refractivity contribution < 1.29 is 0 Å². The Labute approximate surface area is 220 Å². The van der Waals surface area contributed by atoms with Gasteiger partial charge in [0.15, 0.2) is 11.6 Å². The molecule has 2 saturated carbocycles. The number of rotatable bonds is 8. The lowest BCUT2D eigenvalue weighted by molar-refractivity contribution is 0.526. The van der Waals surface area contributed by atoms with E-state index in [1.54, 1.807) is 0 Å². The minimum absolute atomic E-state index is 0.371. The highest BCUT2D eigenvalue weighted by molar-refractivity contribution is 5.37. The van der Waals surface area contributed by atoms with Crippen LogP contribution in [0.5, 0.6) is 0 Å². The van der Waals surface area contributed by atoms with Gasteiger partial charge in [-0.25, -0.2) is 19.3 Å². The van der Waals surface area contributed by atoms with Crippen molar-refractivity contribution in [1.29, 1.82) is 0 Å². The Bertz CT molecular complexity index is 1240. The summed E-state index contributed by atoms with van der Waals surface area (Å²) in [5, 5.41) is 9.30. The van der Waals surface area contributed by atoms with Gasteiger partial charge in [0.25, 0.3) is 0 Å². The number of aromatic nitrogens is 6. The third-order valence-electron chi connectivity index (χ3n) is 8.57. The van der Waals surface area contributed by atoms with Gasteiger partial charge in [0, 0.05) is 29.2 Å². The molecule has 0 saturated heterocycles. The van der Waals surface area contributed by atoms with E-state index in [1.807, 2.05) is 21.8 Å². The van der Waals surface area contributed by atoms with Crippen LogP contribution < -0.4 is 0 Å². The molecule has 0 bridgehead atoms. The summed E-state index contributed by atoms with van der Waals surface area (Å²) in [5.74, 6) is 3.29. The third-order valence-corrected chi connectivity index (χ3v) is 8.57. The summed E-state index contributed by atoms with van der Waals surface area (Å²) in [6, 6.07) is 16.8. The Hall–Kier alpha value is -3.28. The van der Waals surface area contributed by atoms with E-state index in [4.69, 9.17) is 9.97 Å². The van der Waals surface area contributed by atoms with Crippen LogP contribution in [0.3, 0.4) is 0 Å². The maximum atomic E-state index is 5.11. The van der Waals surface area contributed by atoms with E-state index in [2.05, 4.69) is 72.6 Å². The van der Waals surface area contributed by atoms with Crippen LogP contribution in [0.4, 0.5) is 0 Å². The van der Waals surface area contributed by atoms with Gasteiger partial charge in [0.2, 0.25) is 0 Å². The van der Waals surface area contributed by atoms with Gasteiger partial charge < -0.3 is 0 Å². The molecule has 0 amide bonds. The molecule has 4 aromatic rings. The first-order valence-corrected chi connectivity index (χ1v) is 14.1. The molecule has 0 atom stereocenters. The van der Waals surface area contributed by atoms with Gasteiger partial charge in [0.1, 0.15) is 0 Å². The Morgan fingerprint density at radius 3 is 1.51 bits per heavy atom. The quantitative estimate of drug-likeness (QED) is 0.275. The zero-order valence-corrected chi connectivity index (χ0v) is 22.2. The van der Waals surface area contributed by atoms with E-state index in [9.17, 15) is 0 Å². The zero-order chi connectivity index (χ0) is 25.2. The maximum absolute atomic E-state index is 5.11. The standard InChI is InChI=1S/C31H38N6/c1-31(2,27-13-7-15-29(34-27)36-25(17-19-32-36)21-23-9-3-4-10-23)28-14-8-16-30(35-28)37-26(18-20-33-37)22-24-11-5-6-12-24/h7-8,13-20,23-24H,3-6,9-12,21-22H2,1-2H3. The first-order chi connectivity index (χ1) is 18.1.